The molecule has 0 aliphatic heterocycles. The third-order valence-corrected chi connectivity index (χ3v) is 2.41. The smallest absolute Gasteiger partial charge is 0.316 e. The average molecular weight is 252 g/mol. The van der Waals surface area contributed by atoms with Crippen molar-refractivity contribution >= 4 is 0 Å². The highest BCUT2D eigenvalue weighted by Crippen LogP contribution is 2.22. The zero-order valence-corrected chi connectivity index (χ0v) is 9.47. The highest BCUT2D eigenvalue weighted by atomic mass is 19.2. The Morgan fingerprint density at radius 2 is 1.78 bits per heavy atom. The number of ether oxygens (including phenoxy) is 1. The van der Waals surface area contributed by atoms with Crippen molar-refractivity contribution in [2.45, 2.75) is 6.10 Å². The number of hydrogen-bond donors (Lipinski definition) is 1. The molecule has 0 amide bonds. The molecule has 1 atom stereocenters. The lowest BCUT2D eigenvalue weighted by Crippen LogP contribution is -2.03. The minimum absolute atomic E-state index is 0.163. The van der Waals surface area contributed by atoms with Crippen LogP contribution in [-0.2, 0) is 0 Å². The summed E-state index contributed by atoms with van der Waals surface area (Å²) in [6.07, 6.45) is 1.60. The molecule has 2 rings (SSSR count). The minimum atomic E-state index is -1.12. The SMILES string of the molecule is COc1ncc(C(O)c2ccc(F)c(F)c2)cn1. The molecule has 0 fully saturated rings. The number of methoxy groups -OCH3 is 1. The molecule has 18 heavy (non-hydrogen) atoms. The van der Waals surface area contributed by atoms with Gasteiger partial charge in [0.15, 0.2) is 11.6 Å². The summed E-state index contributed by atoms with van der Waals surface area (Å²) in [5, 5.41) is 9.96. The normalized spacial score (nSPS) is 12.2. The lowest BCUT2D eigenvalue weighted by molar-refractivity contribution is 0.218. The van der Waals surface area contributed by atoms with Crippen molar-refractivity contribution in [2.24, 2.45) is 0 Å². The van der Waals surface area contributed by atoms with Gasteiger partial charge in [0.1, 0.15) is 6.10 Å². The molecule has 1 heterocycles. The van der Waals surface area contributed by atoms with E-state index in [0.717, 1.165) is 12.1 Å². The van der Waals surface area contributed by atoms with Gasteiger partial charge in [-0.3, -0.25) is 0 Å². The molecule has 0 radical (unpaired) electrons. The zero-order chi connectivity index (χ0) is 13.1. The van der Waals surface area contributed by atoms with Gasteiger partial charge in [-0.15, -0.1) is 0 Å². The van der Waals surface area contributed by atoms with Crippen LogP contribution in [0.3, 0.4) is 0 Å². The molecule has 1 unspecified atom stereocenters. The van der Waals surface area contributed by atoms with E-state index in [9.17, 15) is 13.9 Å². The van der Waals surface area contributed by atoms with E-state index in [0.29, 0.717) is 5.56 Å². The van der Waals surface area contributed by atoms with Gasteiger partial charge in [-0.05, 0) is 17.7 Å². The summed E-state index contributed by atoms with van der Waals surface area (Å²) in [5.74, 6) is -1.97. The van der Waals surface area contributed by atoms with Crippen LogP contribution in [0.4, 0.5) is 8.78 Å². The van der Waals surface area contributed by atoms with Crippen molar-refractivity contribution < 1.29 is 18.6 Å². The molecule has 0 saturated carbocycles. The highest BCUT2D eigenvalue weighted by molar-refractivity contribution is 5.28. The van der Waals surface area contributed by atoms with Crippen LogP contribution in [0.5, 0.6) is 6.01 Å². The van der Waals surface area contributed by atoms with E-state index in [1.807, 2.05) is 0 Å². The van der Waals surface area contributed by atoms with Crippen LogP contribution in [0.15, 0.2) is 30.6 Å². The molecule has 4 nitrogen and oxygen atoms in total. The Morgan fingerprint density at radius 3 is 2.33 bits per heavy atom. The van der Waals surface area contributed by atoms with Crippen molar-refractivity contribution in [3.8, 4) is 6.01 Å². The fourth-order valence-electron chi connectivity index (χ4n) is 1.45. The van der Waals surface area contributed by atoms with E-state index in [1.165, 1.54) is 25.6 Å². The molecule has 2 aromatic rings. The van der Waals surface area contributed by atoms with Crippen molar-refractivity contribution in [3.63, 3.8) is 0 Å². The molecule has 0 aliphatic carbocycles. The van der Waals surface area contributed by atoms with Crippen molar-refractivity contribution in [2.75, 3.05) is 7.11 Å². The van der Waals surface area contributed by atoms with Crippen molar-refractivity contribution in [1.29, 1.82) is 0 Å². The molecule has 1 aromatic heterocycles. The topological polar surface area (TPSA) is 55.2 Å². The van der Waals surface area contributed by atoms with Crippen LogP contribution in [0.2, 0.25) is 0 Å². The van der Waals surface area contributed by atoms with Gasteiger partial charge in [-0.1, -0.05) is 6.07 Å². The summed E-state index contributed by atoms with van der Waals surface area (Å²) in [7, 11) is 1.42. The number of aliphatic hydroxyl groups is 1. The van der Waals surface area contributed by atoms with E-state index in [4.69, 9.17) is 4.74 Å². The first-order chi connectivity index (χ1) is 8.61. The zero-order valence-electron chi connectivity index (χ0n) is 9.47. The number of aliphatic hydroxyl groups excluding tert-OH is 1. The number of rotatable bonds is 3. The Kier molecular flexibility index (Phi) is 3.47. The maximum atomic E-state index is 13.0. The lowest BCUT2D eigenvalue weighted by atomic mass is 10.0. The first-order valence-electron chi connectivity index (χ1n) is 5.10. The second-order valence-electron chi connectivity index (χ2n) is 3.58. The van der Waals surface area contributed by atoms with Crippen molar-refractivity contribution in [1.82, 2.24) is 9.97 Å². The molecule has 0 saturated heterocycles. The largest absolute Gasteiger partial charge is 0.467 e. The third-order valence-electron chi connectivity index (χ3n) is 2.41. The van der Waals surface area contributed by atoms with Crippen LogP contribution in [0, 0.1) is 11.6 Å². The standard InChI is InChI=1S/C12H10F2N2O2/c1-18-12-15-5-8(6-16-12)11(17)7-2-3-9(13)10(14)4-7/h2-6,11,17H,1H3. The Hall–Kier alpha value is -2.08. The van der Waals surface area contributed by atoms with Crippen molar-refractivity contribution in [3.05, 3.63) is 53.4 Å². The van der Waals surface area contributed by atoms with E-state index in [-0.39, 0.29) is 11.6 Å². The van der Waals surface area contributed by atoms with Gasteiger partial charge in [0, 0.05) is 18.0 Å². The molecule has 0 aliphatic rings. The summed E-state index contributed by atoms with van der Waals surface area (Å²) in [6, 6.07) is 3.35. The van der Waals surface area contributed by atoms with E-state index >= 15 is 0 Å². The van der Waals surface area contributed by atoms with Crippen LogP contribution >= 0.6 is 0 Å². The third kappa shape index (κ3) is 2.43. The molecule has 0 bridgehead atoms. The average Bonchev–Trinajstić information content (AvgIpc) is 2.41. The van der Waals surface area contributed by atoms with E-state index in [2.05, 4.69) is 9.97 Å². The lowest BCUT2D eigenvalue weighted by Gasteiger charge is -2.11. The number of hydrogen-bond acceptors (Lipinski definition) is 4. The molecule has 1 N–H and O–H groups in total. The second-order valence-corrected chi connectivity index (χ2v) is 3.58. The second kappa shape index (κ2) is 5.05. The van der Waals surface area contributed by atoms with Gasteiger partial charge in [-0.2, -0.15) is 0 Å². The van der Waals surface area contributed by atoms with Gasteiger partial charge < -0.3 is 9.84 Å². The molecular formula is C12H10F2N2O2. The molecule has 1 aromatic carbocycles. The summed E-state index contributed by atoms with van der Waals surface area (Å²) < 4.78 is 30.6. The van der Waals surface area contributed by atoms with Gasteiger partial charge in [0.2, 0.25) is 0 Å². The quantitative estimate of drug-likeness (QED) is 0.905. The first kappa shape index (κ1) is 12.4. The Morgan fingerprint density at radius 1 is 1.11 bits per heavy atom. The van der Waals surface area contributed by atoms with E-state index in [1.54, 1.807) is 0 Å². The fourth-order valence-corrected chi connectivity index (χ4v) is 1.45. The van der Waals surface area contributed by atoms with Gasteiger partial charge >= 0.3 is 6.01 Å². The van der Waals surface area contributed by atoms with Gasteiger partial charge in [0.05, 0.1) is 7.11 Å². The summed E-state index contributed by atoms with van der Waals surface area (Å²) in [5.41, 5.74) is 0.587. The maximum absolute atomic E-state index is 13.0. The molecular weight excluding hydrogens is 242 g/mol. The fraction of sp³-hybridized carbons (Fsp3) is 0.167. The van der Waals surface area contributed by atoms with Gasteiger partial charge in [-0.25, -0.2) is 18.7 Å². The number of aromatic nitrogens is 2. The number of benzene rings is 1. The monoisotopic (exact) mass is 252 g/mol. The Balaban J connectivity index is 2.28. The predicted octanol–water partition coefficient (Wildman–Crippen LogP) is 1.85. The summed E-state index contributed by atoms with van der Waals surface area (Å²) in [6.45, 7) is 0. The predicted molar refractivity (Wildman–Crippen MR) is 59.0 cm³/mol. The number of halogens is 2. The summed E-state index contributed by atoms with van der Waals surface area (Å²) in [4.78, 5) is 7.65. The van der Waals surface area contributed by atoms with Crippen LogP contribution in [0.1, 0.15) is 17.2 Å². The Labute approximate surface area is 102 Å². The molecule has 0 spiro atoms. The van der Waals surface area contributed by atoms with Crippen LogP contribution < -0.4 is 4.74 Å². The first-order valence-corrected chi connectivity index (χ1v) is 5.10. The van der Waals surface area contributed by atoms with Crippen LogP contribution in [0.25, 0.3) is 0 Å². The van der Waals surface area contributed by atoms with Gasteiger partial charge in [0.25, 0.3) is 0 Å². The minimum Gasteiger partial charge on any atom is -0.467 e. The molecule has 94 valence electrons. The maximum Gasteiger partial charge on any atom is 0.316 e. The summed E-state index contributed by atoms with van der Waals surface area (Å²) >= 11 is 0. The number of nitrogens with zero attached hydrogens (tertiary/aromatic N) is 2. The van der Waals surface area contributed by atoms with Crippen LogP contribution in [-0.4, -0.2) is 22.2 Å². The molecule has 6 heteroatoms. The van der Waals surface area contributed by atoms with E-state index < -0.39 is 17.7 Å². The highest BCUT2D eigenvalue weighted by Gasteiger charge is 2.14. The Bertz CT molecular complexity index is 546.